The first-order chi connectivity index (χ1) is 9.65. The van der Waals surface area contributed by atoms with Crippen LogP contribution in [0.5, 0.6) is 0 Å². The van der Waals surface area contributed by atoms with Gasteiger partial charge in [-0.25, -0.2) is 0 Å². The van der Waals surface area contributed by atoms with Gasteiger partial charge in [-0.05, 0) is 30.2 Å². The molecule has 0 atom stereocenters. The van der Waals surface area contributed by atoms with Gasteiger partial charge >= 0.3 is 0 Å². The van der Waals surface area contributed by atoms with Crippen LogP contribution in [0.3, 0.4) is 0 Å². The van der Waals surface area contributed by atoms with Crippen LogP contribution < -0.4 is 15.5 Å². The third-order valence-electron chi connectivity index (χ3n) is 4.03. The van der Waals surface area contributed by atoms with Gasteiger partial charge in [-0.2, -0.15) is 0 Å². The number of hydrogen-bond acceptors (Lipinski definition) is 3. The summed E-state index contributed by atoms with van der Waals surface area (Å²) in [5, 5.41) is 6.15. The van der Waals surface area contributed by atoms with Gasteiger partial charge in [-0.15, -0.1) is 0 Å². The van der Waals surface area contributed by atoms with Crippen LogP contribution in [-0.2, 0) is 11.2 Å². The Balaban J connectivity index is 1.69. The highest BCUT2D eigenvalue weighted by Gasteiger charge is 2.23. The minimum atomic E-state index is -0.0269. The molecule has 0 aliphatic carbocycles. The molecule has 20 heavy (non-hydrogen) atoms. The molecule has 1 aromatic rings. The molecule has 1 aromatic carbocycles. The van der Waals surface area contributed by atoms with Crippen LogP contribution in [0.15, 0.2) is 18.2 Å². The van der Waals surface area contributed by atoms with Crippen LogP contribution in [0.2, 0.25) is 0 Å². The van der Waals surface area contributed by atoms with Gasteiger partial charge in [0, 0.05) is 50.3 Å². The van der Waals surface area contributed by atoms with Crippen LogP contribution in [0, 0.1) is 5.92 Å². The number of anilines is 1. The lowest BCUT2D eigenvalue weighted by atomic mass is 10.0. The van der Waals surface area contributed by atoms with Gasteiger partial charge in [0.15, 0.2) is 0 Å². The zero-order valence-corrected chi connectivity index (χ0v) is 11.6. The normalized spacial score (nSPS) is 17.6. The van der Waals surface area contributed by atoms with Crippen molar-refractivity contribution in [1.82, 2.24) is 10.6 Å². The first-order valence-corrected chi connectivity index (χ1v) is 7.05. The van der Waals surface area contributed by atoms with Crippen LogP contribution in [0.1, 0.15) is 22.8 Å². The maximum atomic E-state index is 12.1. The summed E-state index contributed by atoms with van der Waals surface area (Å²) in [5.41, 5.74) is 2.71. The molecule has 2 aliphatic heterocycles. The molecule has 5 nitrogen and oxygen atoms in total. The standard InChI is InChI=1S/C15H19N3O2/c1-10(19)18-5-4-12-6-13(2-3-14(12)18)15(20)17-9-11-7-16-8-11/h2-3,6,11,16H,4-5,7-9H2,1H3,(H,17,20). The maximum Gasteiger partial charge on any atom is 0.251 e. The van der Waals surface area contributed by atoms with E-state index in [0.29, 0.717) is 18.0 Å². The topological polar surface area (TPSA) is 61.4 Å². The molecule has 2 amide bonds. The minimum absolute atomic E-state index is 0.0269. The molecule has 1 saturated heterocycles. The number of amides is 2. The van der Waals surface area contributed by atoms with E-state index in [-0.39, 0.29) is 11.8 Å². The van der Waals surface area contributed by atoms with Gasteiger partial charge in [-0.1, -0.05) is 0 Å². The average molecular weight is 273 g/mol. The Morgan fingerprint density at radius 1 is 1.40 bits per heavy atom. The Labute approximate surface area is 118 Å². The zero-order chi connectivity index (χ0) is 14.1. The van der Waals surface area contributed by atoms with Crippen molar-refractivity contribution in [2.24, 2.45) is 5.92 Å². The largest absolute Gasteiger partial charge is 0.352 e. The van der Waals surface area contributed by atoms with Crippen molar-refractivity contribution < 1.29 is 9.59 Å². The zero-order valence-electron chi connectivity index (χ0n) is 11.6. The smallest absolute Gasteiger partial charge is 0.251 e. The minimum Gasteiger partial charge on any atom is -0.352 e. The molecule has 5 heteroatoms. The summed E-state index contributed by atoms with van der Waals surface area (Å²) in [7, 11) is 0. The van der Waals surface area contributed by atoms with Crippen LogP contribution >= 0.6 is 0 Å². The predicted molar refractivity (Wildman–Crippen MR) is 76.9 cm³/mol. The summed E-state index contributed by atoms with van der Waals surface area (Å²) in [6.07, 6.45) is 0.822. The van der Waals surface area contributed by atoms with Crippen LogP contribution in [0.25, 0.3) is 0 Å². The van der Waals surface area contributed by atoms with E-state index in [1.165, 1.54) is 0 Å². The Morgan fingerprint density at radius 3 is 2.85 bits per heavy atom. The van der Waals surface area contributed by atoms with E-state index in [1.54, 1.807) is 17.9 Å². The number of hydrogen-bond donors (Lipinski definition) is 2. The molecule has 0 radical (unpaired) electrons. The van der Waals surface area contributed by atoms with Crippen molar-refractivity contribution in [3.63, 3.8) is 0 Å². The van der Waals surface area contributed by atoms with E-state index in [2.05, 4.69) is 10.6 Å². The summed E-state index contributed by atoms with van der Waals surface area (Å²) < 4.78 is 0. The third-order valence-corrected chi connectivity index (χ3v) is 4.03. The molecule has 0 aromatic heterocycles. The summed E-state index contributed by atoms with van der Waals surface area (Å²) in [5.74, 6) is 0.584. The van der Waals surface area contributed by atoms with Gasteiger partial charge < -0.3 is 15.5 Å². The van der Waals surface area contributed by atoms with Crippen LogP contribution in [-0.4, -0.2) is 38.0 Å². The van der Waals surface area contributed by atoms with E-state index in [9.17, 15) is 9.59 Å². The molecule has 3 rings (SSSR count). The fourth-order valence-corrected chi connectivity index (χ4v) is 2.70. The molecule has 0 unspecified atom stereocenters. The van der Waals surface area contributed by atoms with E-state index < -0.39 is 0 Å². The monoisotopic (exact) mass is 273 g/mol. The molecule has 2 heterocycles. The van der Waals surface area contributed by atoms with Crippen molar-refractivity contribution in [2.75, 3.05) is 31.1 Å². The number of benzene rings is 1. The summed E-state index contributed by atoms with van der Waals surface area (Å²) >= 11 is 0. The number of rotatable bonds is 3. The van der Waals surface area contributed by atoms with E-state index in [0.717, 1.165) is 37.3 Å². The lowest BCUT2D eigenvalue weighted by molar-refractivity contribution is -0.116. The molecule has 106 valence electrons. The second-order valence-corrected chi connectivity index (χ2v) is 5.50. The average Bonchev–Trinajstić information content (AvgIpc) is 2.79. The quantitative estimate of drug-likeness (QED) is 0.845. The molecule has 0 saturated carbocycles. The Morgan fingerprint density at radius 2 is 2.20 bits per heavy atom. The summed E-state index contributed by atoms with van der Waals surface area (Å²) in [6.45, 7) is 4.98. The summed E-state index contributed by atoms with van der Waals surface area (Å²) in [6, 6.07) is 5.59. The van der Waals surface area contributed by atoms with Crippen LogP contribution in [0.4, 0.5) is 5.69 Å². The molecule has 2 aliphatic rings. The Bertz CT molecular complexity index is 552. The molecular formula is C15H19N3O2. The van der Waals surface area contributed by atoms with Gasteiger partial charge in [0.05, 0.1) is 0 Å². The predicted octanol–water partition coefficient (Wildman–Crippen LogP) is 0.545. The molecule has 0 bridgehead atoms. The fraction of sp³-hybridized carbons (Fsp3) is 0.467. The maximum absolute atomic E-state index is 12.1. The van der Waals surface area contributed by atoms with Gasteiger partial charge in [0.1, 0.15) is 0 Å². The first kappa shape index (κ1) is 13.1. The number of carbonyl (C=O) groups excluding carboxylic acids is 2. The first-order valence-electron chi connectivity index (χ1n) is 7.05. The molecular weight excluding hydrogens is 254 g/mol. The number of carbonyl (C=O) groups is 2. The molecule has 2 N–H and O–H groups in total. The van der Waals surface area contributed by atoms with E-state index in [1.807, 2.05) is 12.1 Å². The Hall–Kier alpha value is -1.88. The molecule has 0 spiro atoms. The van der Waals surface area contributed by atoms with Crippen molar-refractivity contribution in [2.45, 2.75) is 13.3 Å². The van der Waals surface area contributed by atoms with Crippen molar-refractivity contribution in [3.05, 3.63) is 29.3 Å². The van der Waals surface area contributed by atoms with Gasteiger partial charge in [0.25, 0.3) is 5.91 Å². The third kappa shape index (κ3) is 2.41. The Kier molecular flexibility index (Phi) is 3.44. The van der Waals surface area contributed by atoms with Crippen molar-refractivity contribution >= 4 is 17.5 Å². The number of nitrogens with zero attached hydrogens (tertiary/aromatic N) is 1. The number of nitrogens with one attached hydrogen (secondary N) is 2. The lowest BCUT2D eigenvalue weighted by Crippen LogP contribution is -2.48. The van der Waals surface area contributed by atoms with Crippen molar-refractivity contribution in [3.8, 4) is 0 Å². The number of fused-ring (bicyclic) bond motifs is 1. The fourth-order valence-electron chi connectivity index (χ4n) is 2.70. The van der Waals surface area contributed by atoms with E-state index in [4.69, 9.17) is 0 Å². The van der Waals surface area contributed by atoms with E-state index >= 15 is 0 Å². The lowest BCUT2D eigenvalue weighted by Gasteiger charge is -2.27. The molecule has 1 fully saturated rings. The van der Waals surface area contributed by atoms with Crippen molar-refractivity contribution in [1.29, 1.82) is 0 Å². The SMILES string of the molecule is CC(=O)N1CCc2cc(C(=O)NCC3CNC3)ccc21. The highest BCUT2D eigenvalue weighted by molar-refractivity contribution is 5.97. The highest BCUT2D eigenvalue weighted by Crippen LogP contribution is 2.28. The summed E-state index contributed by atoms with van der Waals surface area (Å²) in [4.78, 5) is 25.3. The van der Waals surface area contributed by atoms with Gasteiger partial charge in [0.2, 0.25) is 5.91 Å². The highest BCUT2D eigenvalue weighted by atomic mass is 16.2. The second-order valence-electron chi connectivity index (χ2n) is 5.50. The second kappa shape index (κ2) is 5.25. The van der Waals surface area contributed by atoms with Gasteiger partial charge in [-0.3, -0.25) is 9.59 Å².